The fraction of sp³-hybridized carbons (Fsp3) is 0.130. The van der Waals surface area contributed by atoms with Crippen molar-refractivity contribution < 1.29 is 22.7 Å². The Morgan fingerprint density at radius 3 is 2.13 bits per heavy atom. The van der Waals surface area contributed by atoms with Crippen molar-refractivity contribution >= 4 is 11.5 Å². The third-order valence-electron chi connectivity index (χ3n) is 4.37. The molecule has 1 N–H and O–H groups in total. The van der Waals surface area contributed by atoms with Gasteiger partial charge in [0.1, 0.15) is 6.61 Å². The van der Waals surface area contributed by atoms with E-state index in [1.807, 2.05) is 0 Å². The van der Waals surface area contributed by atoms with Gasteiger partial charge in [-0.25, -0.2) is 4.79 Å². The third-order valence-corrected chi connectivity index (χ3v) is 4.37. The van der Waals surface area contributed by atoms with Gasteiger partial charge < -0.3 is 9.72 Å². The van der Waals surface area contributed by atoms with Crippen molar-refractivity contribution in [1.29, 1.82) is 0 Å². The van der Waals surface area contributed by atoms with Crippen molar-refractivity contribution in [3.8, 4) is 0 Å². The zero-order valence-corrected chi connectivity index (χ0v) is 15.8. The number of carbonyl (C=O) groups is 1. The highest BCUT2D eigenvalue weighted by molar-refractivity contribution is 5.99. The largest absolute Gasteiger partial charge is 0.457 e. The highest BCUT2D eigenvalue weighted by Gasteiger charge is 2.39. The number of halogens is 3. The summed E-state index contributed by atoms with van der Waals surface area (Å²) >= 11 is 0. The summed E-state index contributed by atoms with van der Waals surface area (Å²) in [6.45, 7) is -0.186. The molecule has 0 unspecified atom stereocenters. The Bertz CT molecular complexity index is 1090. The topological polar surface area (TPSA) is 59.2 Å². The average molecular weight is 413 g/mol. The molecule has 154 valence electrons. The number of rotatable bonds is 6. The smallest absolute Gasteiger partial charge is 0.417 e. The first kappa shape index (κ1) is 21.1. The Kier molecular flexibility index (Phi) is 6.51. The predicted molar refractivity (Wildman–Crippen MR) is 106 cm³/mol. The predicted octanol–water partition coefficient (Wildman–Crippen LogP) is 4.68. The number of pyridine rings is 1. The van der Waals surface area contributed by atoms with Crippen LogP contribution < -0.4 is 5.56 Å². The van der Waals surface area contributed by atoms with Gasteiger partial charge in [0.05, 0.1) is 11.1 Å². The van der Waals surface area contributed by atoms with Gasteiger partial charge in [0.25, 0.3) is 5.56 Å². The summed E-state index contributed by atoms with van der Waals surface area (Å²) in [5.74, 6) is -1.13. The van der Waals surface area contributed by atoms with Gasteiger partial charge in [-0.3, -0.25) is 4.79 Å². The molecule has 4 nitrogen and oxygen atoms in total. The van der Waals surface area contributed by atoms with E-state index in [4.69, 9.17) is 4.74 Å². The number of hydrogen-bond donors (Lipinski definition) is 1. The van der Waals surface area contributed by atoms with Gasteiger partial charge in [0.2, 0.25) is 0 Å². The second kappa shape index (κ2) is 9.26. The highest BCUT2D eigenvalue weighted by atomic mass is 19.4. The SMILES string of the molecule is O=C(OCc1ccccc1)C(Cc1ccc[nH]c1=O)=C(c1ccccc1)C(F)(F)F. The first-order chi connectivity index (χ1) is 14.4. The summed E-state index contributed by atoms with van der Waals surface area (Å²) in [7, 11) is 0. The van der Waals surface area contributed by atoms with Gasteiger partial charge in [0, 0.05) is 18.2 Å². The Morgan fingerprint density at radius 1 is 0.900 bits per heavy atom. The number of nitrogens with one attached hydrogen (secondary N) is 1. The molecule has 3 rings (SSSR count). The number of benzene rings is 2. The van der Waals surface area contributed by atoms with Crippen molar-refractivity contribution in [3.05, 3.63) is 112 Å². The number of hydrogen-bond acceptors (Lipinski definition) is 3. The summed E-state index contributed by atoms with van der Waals surface area (Å²) in [4.78, 5) is 27.3. The third kappa shape index (κ3) is 5.26. The minimum atomic E-state index is -4.83. The van der Waals surface area contributed by atoms with Gasteiger partial charge in [0.15, 0.2) is 0 Å². The van der Waals surface area contributed by atoms with E-state index in [1.54, 1.807) is 36.4 Å². The second-order valence-electron chi connectivity index (χ2n) is 6.48. The lowest BCUT2D eigenvalue weighted by Crippen LogP contribution is -2.22. The molecule has 0 bridgehead atoms. The fourth-order valence-electron chi connectivity index (χ4n) is 2.97. The summed E-state index contributed by atoms with van der Waals surface area (Å²) in [6.07, 6.45) is -3.98. The van der Waals surface area contributed by atoms with Gasteiger partial charge in [-0.1, -0.05) is 66.7 Å². The lowest BCUT2D eigenvalue weighted by Gasteiger charge is -2.18. The average Bonchev–Trinajstić information content (AvgIpc) is 2.73. The van der Waals surface area contributed by atoms with Crippen LogP contribution in [0.25, 0.3) is 5.57 Å². The van der Waals surface area contributed by atoms with E-state index in [0.29, 0.717) is 5.56 Å². The number of carbonyl (C=O) groups excluding carboxylic acids is 1. The van der Waals surface area contributed by atoms with Crippen LogP contribution in [0.2, 0.25) is 0 Å². The molecule has 0 saturated carbocycles. The number of aromatic nitrogens is 1. The zero-order chi connectivity index (χ0) is 21.6. The molecule has 30 heavy (non-hydrogen) atoms. The Morgan fingerprint density at radius 2 is 1.53 bits per heavy atom. The lowest BCUT2D eigenvalue weighted by molar-refractivity contribution is -0.140. The lowest BCUT2D eigenvalue weighted by atomic mass is 9.94. The van der Waals surface area contributed by atoms with Crippen molar-refractivity contribution in [2.24, 2.45) is 0 Å². The second-order valence-corrected chi connectivity index (χ2v) is 6.48. The van der Waals surface area contributed by atoms with E-state index in [-0.39, 0.29) is 17.7 Å². The number of esters is 1. The van der Waals surface area contributed by atoms with E-state index in [2.05, 4.69) is 4.98 Å². The van der Waals surface area contributed by atoms with Gasteiger partial charge in [-0.15, -0.1) is 0 Å². The Balaban J connectivity index is 2.07. The molecule has 0 spiro atoms. The summed E-state index contributed by atoms with van der Waals surface area (Å²) < 4.78 is 47.3. The van der Waals surface area contributed by atoms with E-state index in [0.717, 1.165) is 0 Å². The van der Waals surface area contributed by atoms with Crippen LogP contribution in [0.4, 0.5) is 13.2 Å². The molecule has 0 atom stereocenters. The van der Waals surface area contributed by atoms with Gasteiger partial charge >= 0.3 is 12.1 Å². The van der Waals surface area contributed by atoms with Crippen LogP contribution in [0.15, 0.2) is 89.4 Å². The number of aromatic amines is 1. The molecule has 0 amide bonds. The molecule has 0 aliphatic rings. The highest BCUT2D eigenvalue weighted by Crippen LogP contribution is 2.37. The molecule has 1 aromatic heterocycles. The van der Waals surface area contributed by atoms with Crippen molar-refractivity contribution in [2.45, 2.75) is 19.2 Å². The number of alkyl halides is 3. The van der Waals surface area contributed by atoms with Crippen LogP contribution in [-0.2, 0) is 22.6 Å². The molecule has 3 aromatic rings. The zero-order valence-electron chi connectivity index (χ0n) is 15.8. The number of allylic oxidation sites excluding steroid dienone is 1. The van der Waals surface area contributed by atoms with Crippen LogP contribution in [-0.4, -0.2) is 17.1 Å². The normalized spacial score (nSPS) is 12.2. The van der Waals surface area contributed by atoms with Crippen molar-refractivity contribution in [1.82, 2.24) is 4.98 Å². The van der Waals surface area contributed by atoms with Gasteiger partial charge in [-0.2, -0.15) is 13.2 Å². The summed E-state index contributed by atoms with van der Waals surface area (Å²) in [5.41, 5.74) is -1.83. The van der Waals surface area contributed by atoms with Crippen molar-refractivity contribution in [2.75, 3.05) is 0 Å². The van der Waals surface area contributed by atoms with Crippen LogP contribution in [0.3, 0.4) is 0 Å². The van der Waals surface area contributed by atoms with Crippen LogP contribution in [0.1, 0.15) is 16.7 Å². The minimum Gasteiger partial charge on any atom is -0.457 e. The molecule has 0 saturated heterocycles. The Hall–Kier alpha value is -3.61. The first-order valence-electron chi connectivity index (χ1n) is 9.09. The maximum atomic E-state index is 14.0. The van der Waals surface area contributed by atoms with Gasteiger partial charge in [-0.05, 0) is 17.2 Å². The molecule has 0 radical (unpaired) electrons. The molecule has 1 heterocycles. The van der Waals surface area contributed by atoms with E-state index < -0.39 is 35.3 Å². The van der Waals surface area contributed by atoms with Crippen LogP contribution in [0, 0.1) is 0 Å². The quantitative estimate of drug-likeness (QED) is 0.472. The monoisotopic (exact) mass is 413 g/mol. The molecule has 0 fully saturated rings. The molecule has 0 aliphatic heterocycles. The minimum absolute atomic E-state index is 0.0295. The Labute approximate surface area is 170 Å². The standard InChI is InChI=1S/C23H18F3NO3/c24-23(25,26)20(17-10-5-2-6-11-17)19(14-18-12-7-13-27-21(18)28)22(29)30-15-16-8-3-1-4-9-16/h1-13H,14-15H2,(H,27,28). The summed E-state index contributed by atoms with van der Waals surface area (Å²) in [6, 6.07) is 18.5. The molecular weight excluding hydrogens is 395 g/mol. The number of ether oxygens (including phenoxy) is 1. The van der Waals surface area contributed by atoms with E-state index in [9.17, 15) is 22.8 Å². The first-order valence-corrected chi connectivity index (χ1v) is 9.09. The van der Waals surface area contributed by atoms with Crippen molar-refractivity contribution in [3.63, 3.8) is 0 Å². The number of H-pyrrole nitrogens is 1. The van der Waals surface area contributed by atoms with E-state index in [1.165, 1.54) is 42.6 Å². The summed E-state index contributed by atoms with van der Waals surface area (Å²) in [5, 5.41) is 0. The molecule has 0 aliphatic carbocycles. The molecule has 2 aromatic carbocycles. The van der Waals surface area contributed by atoms with Crippen LogP contribution >= 0.6 is 0 Å². The molecular formula is C23H18F3NO3. The maximum absolute atomic E-state index is 14.0. The van der Waals surface area contributed by atoms with Crippen LogP contribution in [0.5, 0.6) is 0 Å². The van der Waals surface area contributed by atoms with E-state index >= 15 is 0 Å². The fourth-order valence-corrected chi connectivity index (χ4v) is 2.97. The maximum Gasteiger partial charge on any atom is 0.417 e. The molecule has 7 heteroatoms.